The van der Waals surface area contributed by atoms with Gasteiger partial charge in [0.1, 0.15) is 6.54 Å². The molecule has 1 fully saturated rings. The minimum atomic E-state index is -0.280. The van der Waals surface area contributed by atoms with Gasteiger partial charge in [0, 0.05) is 23.9 Å². The molecule has 1 aliphatic rings. The van der Waals surface area contributed by atoms with Gasteiger partial charge in [-0.25, -0.2) is 4.98 Å². The number of anilines is 1. The third-order valence-corrected chi connectivity index (χ3v) is 7.30. The Kier molecular flexibility index (Phi) is 10.7. The van der Waals surface area contributed by atoms with Crippen molar-refractivity contribution < 1.29 is 23.9 Å². The van der Waals surface area contributed by atoms with Gasteiger partial charge in [0.05, 0.1) is 26.3 Å². The van der Waals surface area contributed by atoms with E-state index >= 15 is 0 Å². The van der Waals surface area contributed by atoms with Crippen LogP contribution in [0.1, 0.15) is 57.2 Å². The zero-order valence-electron chi connectivity index (χ0n) is 22.2. The molecule has 37 heavy (non-hydrogen) atoms. The fourth-order valence-electron chi connectivity index (χ4n) is 4.47. The molecule has 1 heterocycles. The van der Waals surface area contributed by atoms with Crippen molar-refractivity contribution in [2.75, 3.05) is 32.6 Å². The summed E-state index contributed by atoms with van der Waals surface area (Å²) in [6.07, 6.45) is 5.88. The summed E-state index contributed by atoms with van der Waals surface area (Å²) in [6, 6.07) is 5.61. The zero-order chi connectivity index (χ0) is 26.8. The van der Waals surface area contributed by atoms with Gasteiger partial charge in [-0.05, 0) is 50.8 Å². The predicted molar refractivity (Wildman–Crippen MR) is 144 cm³/mol. The van der Waals surface area contributed by atoms with Crippen molar-refractivity contribution in [3.63, 3.8) is 0 Å². The molecule has 0 bridgehead atoms. The number of nitrogens with zero attached hydrogens (tertiary/aromatic N) is 2. The van der Waals surface area contributed by atoms with Gasteiger partial charge in [-0.2, -0.15) is 0 Å². The Hall–Kier alpha value is -3.14. The van der Waals surface area contributed by atoms with E-state index in [1.165, 1.54) is 17.8 Å². The summed E-state index contributed by atoms with van der Waals surface area (Å²) in [6.45, 7) is 4.33. The Morgan fingerprint density at radius 3 is 2.49 bits per heavy atom. The van der Waals surface area contributed by atoms with E-state index in [1.54, 1.807) is 24.5 Å². The molecule has 9 nitrogen and oxygen atoms in total. The number of ether oxygens (including phenoxy) is 2. The van der Waals surface area contributed by atoms with Crippen LogP contribution < -0.4 is 20.1 Å². The highest BCUT2D eigenvalue weighted by Crippen LogP contribution is 2.28. The molecular weight excluding hydrogens is 492 g/mol. The maximum atomic E-state index is 13.0. The molecule has 1 aliphatic carbocycles. The largest absolute Gasteiger partial charge is 0.493 e. The first-order chi connectivity index (χ1) is 17.8. The van der Waals surface area contributed by atoms with Gasteiger partial charge in [0.2, 0.25) is 17.7 Å². The lowest BCUT2D eigenvalue weighted by Gasteiger charge is -2.31. The molecule has 1 aromatic carbocycles. The van der Waals surface area contributed by atoms with Crippen molar-refractivity contribution in [3.8, 4) is 11.5 Å². The monoisotopic (exact) mass is 530 g/mol. The van der Waals surface area contributed by atoms with Crippen LogP contribution >= 0.6 is 11.3 Å². The second kappa shape index (κ2) is 14.0. The number of hydrogen-bond donors (Lipinski definition) is 2. The molecule has 10 heteroatoms. The molecule has 0 unspecified atom stereocenters. The van der Waals surface area contributed by atoms with E-state index in [1.807, 2.05) is 32.0 Å². The van der Waals surface area contributed by atoms with E-state index in [0.29, 0.717) is 35.3 Å². The van der Waals surface area contributed by atoms with E-state index in [-0.39, 0.29) is 42.6 Å². The second-order valence-electron chi connectivity index (χ2n) is 9.55. The molecule has 0 radical (unpaired) electrons. The van der Waals surface area contributed by atoms with Crippen molar-refractivity contribution in [3.05, 3.63) is 34.8 Å². The fraction of sp³-hybridized carbons (Fsp3) is 0.556. The minimum Gasteiger partial charge on any atom is -0.493 e. The summed E-state index contributed by atoms with van der Waals surface area (Å²) in [7, 11) is 3.18. The molecule has 202 valence electrons. The van der Waals surface area contributed by atoms with Crippen LogP contribution in [0.5, 0.6) is 11.5 Å². The van der Waals surface area contributed by atoms with E-state index in [9.17, 15) is 14.4 Å². The number of nitrogens with one attached hydrogen (secondary N) is 2. The maximum Gasteiger partial charge on any atom is 0.245 e. The molecule has 0 saturated heterocycles. The van der Waals surface area contributed by atoms with Gasteiger partial charge in [0.15, 0.2) is 16.6 Å². The van der Waals surface area contributed by atoms with Crippen LogP contribution in [0.25, 0.3) is 0 Å². The highest BCUT2D eigenvalue weighted by atomic mass is 32.1. The number of amides is 3. The summed E-state index contributed by atoms with van der Waals surface area (Å²) in [5.74, 6) is 0.966. The normalized spacial score (nSPS) is 13.8. The van der Waals surface area contributed by atoms with Crippen LogP contribution in [0.2, 0.25) is 0 Å². The summed E-state index contributed by atoms with van der Waals surface area (Å²) in [4.78, 5) is 44.1. The molecule has 0 atom stereocenters. The number of hydrogen-bond acceptors (Lipinski definition) is 7. The molecular formula is C27H38N4O5S. The average Bonchev–Trinajstić information content (AvgIpc) is 3.33. The van der Waals surface area contributed by atoms with Crippen molar-refractivity contribution in [2.45, 2.75) is 64.8 Å². The molecule has 0 aliphatic heterocycles. The number of carbonyl (C=O) groups is 3. The highest BCUT2D eigenvalue weighted by molar-refractivity contribution is 7.13. The van der Waals surface area contributed by atoms with Crippen LogP contribution in [0.4, 0.5) is 5.13 Å². The molecule has 1 saturated carbocycles. The first-order valence-electron chi connectivity index (χ1n) is 12.8. The lowest BCUT2D eigenvalue weighted by molar-refractivity contribution is -0.141. The van der Waals surface area contributed by atoms with Gasteiger partial charge < -0.3 is 25.0 Å². The minimum absolute atomic E-state index is 0.00144. The lowest BCUT2D eigenvalue weighted by atomic mass is 9.88. The summed E-state index contributed by atoms with van der Waals surface area (Å²) < 4.78 is 10.6. The summed E-state index contributed by atoms with van der Waals surface area (Å²) in [5.41, 5.74) is 1.61. The molecule has 3 amide bonds. The summed E-state index contributed by atoms with van der Waals surface area (Å²) >= 11 is 1.27. The third kappa shape index (κ3) is 8.45. The number of benzene rings is 1. The Morgan fingerprint density at radius 2 is 1.81 bits per heavy atom. The SMILES string of the molecule is COc1ccc(CCNC(=O)Cc2csc(NC(=O)CN(C(=O)C3CCCCC3)C(C)C)n2)cc1OC. The van der Waals surface area contributed by atoms with E-state index in [2.05, 4.69) is 15.6 Å². The Morgan fingerprint density at radius 1 is 1.08 bits per heavy atom. The van der Waals surface area contributed by atoms with Gasteiger partial charge in [-0.15, -0.1) is 11.3 Å². The third-order valence-electron chi connectivity index (χ3n) is 6.50. The quantitative estimate of drug-likeness (QED) is 0.432. The highest BCUT2D eigenvalue weighted by Gasteiger charge is 2.29. The van der Waals surface area contributed by atoms with Crippen LogP contribution in [0.15, 0.2) is 23.6 Å². The Labute approximate surface area is 222 Å². The average molecular weight is 531 g/mol. The second-order valence-corrected chi connectivity index (χ2v) is 10.4. The number of rotatable bonds is 12. The first-order valence-corrected chi connectivity index (χ1v) is 13.7. The van der Waals surface area contributed by atoms with Gasteiger partial charge in [0.25, 0.3) is 0 Å². The van der Waals surface area contributed by atoms with Crippen LogP contribution in [0, 0.1) is 5.92 Å². The van der Waals surface area contributed by atoms with E-state index in [4.69, 9.17) is 9.47 Å². The van der Waals surface area contributed by atoms with E-state index < -0.39 is 0 Å². The Balaban J connectivity index is 1.45. The molecule has 0 spiro atoms. The predicted octanol–water partition coefficient (Wildman–Crippen LogP) is 3.82. The van der Waals surface area contributed by atoms with E-state index in [0.717, 1.165) is 31.2 Å². The smallest absolute Gasteiger partial charge is 0.245 e. The van der Waals surface area contributed by atoms with Crippen molar-refractivity contribution in [1.82, 2.24) is 15.2 Å². The van der Waals surface area contributed by atoms with Crippen molar-refractivity contribution >= 4 is 34.2 Å². The summed E-state index contributed by atoms with van der Waals surface area (Å²) in [5, 5.41) is 7.87. The van der Waals surface area contributed by atoms with Crippen LogP contribution in [0.3, 0.4) is 0 Å². The fourth-order valence-corrected chi connectivity index (χ4v) is 5.19. The zero-order valence-corrected chi connectivity index (χ0v) is 23.0. The lowest BCUT2D eigenvalue weighted by Crippen LogP contribution is -2.45. The van der Waals surface area contributed by atoms with Crippen molar-refractivity contribution in [1.29, 1.82) is 0 Å². The molecule has 3 rings (SSSR count). The van der Waals surface area contributed by atoms with Crippen LogP contribution in [-0.4, -0.2) is 61.0 Å². The topological polar surface area (TPSA) is 110 Å². The maximum absolute atomic E-state index is 13.0. The first kappa shape index (κ1) is 28.4. The van der Waals surface area contributed by atoms with Crippen LogP contribution in [-0.2, 0) is 27.2 Å². The number of aromatic nitrogens is 1. The number of thiazole rings is 1. The number of carbonyl (C=O) groups excluding carboxylic acids is 3. The number of methoxy groups -OCH3 is 2. The Bertz CT molecular complexity index is 1060. The molecule has 1 aromatic heterocycles. The standard InChI is InChI=1S/C27H38N4O5S/c1-18(2)31(26(34)20-8-6-5-7-9-20)16-25(33)30-27-29-21(17-37-27)15-24(32)28-13-12-19-10-11-22(35-3)23(14-19)36-4/h10-11,14,17-18,20H,5-9,12-13,15-16H2,1-4H3,(H,28,32)(H,29,30,33). The van der Waals surface area contributed by atoms with Gasteiger partial charge in [-0.1, -0.05) is 25.3 Å². The van der Waals surface area contributed by atoms with Crippen molar-refractivity contribution in [2.24, 2.45) is 5.92 Å². The molecule has 2 N–H and O–H groups in total. The molecule has 2 aromatic rings. The van der Waals surface area contributed by atoms with Gasteiger partial charge >= 0.3 is 0 Å². The van der Waals surface area contributed by atoms with Gasteiger partial charge in [-0.3, -0.25) is 14.4 Å².